The maximum atomic E-state index is 13.1. The summed E-state index contributed by atoms with van der Waals surface area (Å²) in [7, 11) is 0. The highest BCUT2D eigenvalue weighted by molar-refractivity contribution is 7.13. The lowest BCUT2D eigenvalue weighted by atomic mass is 10.2. The summed E-state index contributed by atoms with van der Waals surface area (Å²) in [5.41, 5.74) is 1.95. The van der Waals surface area contributed by atoms with Crippen molar-refractivity contribution in [3.05, 3.63) is 75.5 Å². The Morgan fingerprint density at radius 2 is 1.87 bits per heavy atom. The van der Waals surface area contributed by atoms with E-state index in [-0.39, 0.29) is 12.5 Å². The SMILES string of the molecule is CCCN(Cc1nnc(-c2ccccc2Cl)o1)C(=O)c1csc(-c2ccc(Cl)cc2)n1. The molecule has 0 aliphatic carbocycles. The molecule has 6 nitrogen and oxygen atoms in total. The summed E-state index contributed by atoms with van der Waals surface area (Å²) in [5, 5.41) is 11.9. The Labute approximate surface area is 193 Å². The van der Waals surface area contributed by atoms with Gasteiger partial charge in [-0.25, -0.2) is 4.98 Å². The third-order valence-electron chi connectivity index (χ3n) is 4.49. The molecule has 0 fully saturated rings. The highest BCUT2D eigenvalue weighted by Crippen LogP contribution is 2.28. The van der Waals surface area contributed by atoms with Gasteiger partial charge in [-0.1, -0.05) is 54.4 Å². The molecule has 0 aliphatic heterocycles. The average Bonchev–Trinajstić information content (AvgIpc) is 3.44. The summed E-state index contributed by atoms with van der Waals surface area (Å²) in [6, 6.07) is 14.6. The third-order valence-corrected chi connectivity index (χ3v) is 5.97. The smallest absolute Gasteiger partial charge is 0.273 e. The lowest BCUT2D eigenvalue weighted by Gasteiger charge is -2.19. The highest BCUT2D eigenvalue weighted by atomic mass is 35.5. The monoisotopic (exact) mass is 472 g/mol. The quantitative estimate of drug-likeness (QED) is 0.319. The van der Waals surface area contributed by atoms with Gasteiger partial charge in [-0.05, 0) is 30.7 Å². The van der Waals surface area contributed by atoms with Crippen molar-refractivity contribution in [2.45, 2.75) is 19.9 Å². The number of aromatic nitrogens is 3. The number of hydrogen-bond donors (Lipinski definition) is 0. The van der Waals surface area contributed by atoms with Crippen LogP contribution in [0.15, 0.2) is 58.3 Å². The van der Waals surface area contributed by atoms with Crippen molar-refractivity contribution < 1.29 is 9.21 Å². The first-order valence-corrected chi connectivity index (χ1v) is 11.3. The zero-order chi connectivity index (χ0) is 21.8. The van der Waals surface area contributed by atoms with Gasteiger partial charge in [0.15, 0.2) is 0 Å². The molecule has 0 N–H and O–H groups in total. The summed E-state index contributed by atoms with van der Waals surface area (Å²) < 4.78 is 5.77. The number of benzene rings is 2. The molecule has 0 saturated carbocycles. The number of carbonyl (C=O) groups is 1. The molecule has 9 heteroatoms. The van der Waals surface area contributed by atoms with Crippen LogP contribution in [0.4, 0.5) is 0 Å². The molecule has 0 aliphatic rings. The molecule has 0 saturated heterocycles. The molecule has 0 unspecified atom stereocenters. The zero-order valence-electron chi connectivity index (χ0n) is 16.6. The van der Waals surface area contributed by atoms with Crippen LogP contribution in [0.1, 0.15) is 29.7 Å². The van der Waals surface area contributed by atoms with E-state index >= 15 is 0 Å². The normalized spacial score (nSPS) is 10.9. The Hall–Kier alpha value is -2.74. The standard InChI is InChI=1S/C22H18Cl2N4O2S/c1-2-11-28(12-19-26-27-20(30-19)16-5-3-4-6-17(16)24)22(29)18-13-31-21(25-18)14-7-9-15(23)10-8-14/h3-10,13H,2,11-12H2,1H3. The number of nitrogens with zero attached hydrogens (tertiary/aromatic N) is 4. The Morgan fingerprint density at radius 1 is 1.10 bits per heavy atom. The molecular formula is C22H18Cl2N4O2S. The van der Waals surface area contributed by atoms with E-state index < -0.39 is 0 Å². The second kappa shape index (κ2) is 9.60. The van der Waals surface area contributed by atoms with Crippen LogP contribution in [-0.2, 0) is 6.54 Å². The van der Waals surface area contributed by atoms with E-state index in [4.69, 9.17) is 27.6 Å². The average molecular weight is 473 g/mol. The van der Waals surface area contributed by atoms with Crippen LogP contribution in [0.2, 0.25) is 10.0 Å². The topological polar surface area (TPSA) is 72.1 Å². The van der Waals surface area contributed by atoms with Gasteiger partial charge in [0, 0.05) is 22.5 Å². The van der Waals surface area contributed by atoms with Crippen LogP contribution >= 0.6 is 34.5 Å². The summed E-state index contributed by atoms with van der Waals surface area (Å²) in [6.07, 6.45) is 0.783. The van der Waals surface area contributed by atoms with E-state index in [0.717, 1.165) is 17.0 Å². The van der Waals surface area contributed by atoms with Gasteiger partial charge < -0.3 is 9.32 Å². The summed E-state index contributed by atoms with van der Waals surface area (Å²) in [5.74, 6) is 0.476. The molecule has 0 atom stereocenters. The van der Waals surface area contributed by atoms with Gasteiger partial charge in [0.2, 0.25) is 11.8 Å². The van der Waals surface area contributed by atoms with Crippen molar-refractivity contribution in [1.82, 2.24) is 20.1 Å². The zero-order valence-corrected chi connectivity index (χ0v) is 18.9. The van der Waals surface area contributed by atoms with E-state index in [2.05, 4.69) is 15.2 Å². The van der Waals surface area contributed by atoms with Gasteiger partial charge in [0.05, 0.1) is 17.1 Å². The number of rotatable bonds is 7. The number of amides is 1. The largest absolute Gasteiger partial charge is 0.419 e. The van der Waals surface area contributed by atoms with Gasteiger partial charge in [-0.2, -0.15) is 0 Å². The molecule has 2 aromatic carbocycles. The van der Waals surface area contributed by atoms with Gasteiger partial charge in [-0.3, -0.25) is 4.79 Å². The molecule has 1 amide bonds. The lowest BCUT2D eigenvalue weighted by molar-refractivity contribution is 0.0723. The summed E-state index contributed by atoms with van der Waals surface area (Å²) in [4.78, 5) is 19.3. The maximum absolute atomic E-state index is 13.1. The number of halogens is 2. The molecule has 0 radical (unpaired) electrons. The number of carbonyl (C=O) groups excluding carboxylic acids is 1. The lowest BCUT2D eigenvalue weighted by Crippen LogP contribution is -2.31. The Balaban J connectivity index is 1.52. The Bertz CT molecular complexity index is 1190. The number of thiazole rings is 1. The molecule has 0 bridgehead atoms. The van der Waals surface area contributed by atoms with Crippen molar-refractivity contribution in [2.75, 3.05) is 6.54 Å². The first-order valence-electron chi connectivity index (χ1n) is 9.63. The first kappa shape index (κ1) is 21.5. The van der Waals surface area contributed by atoms with E-state index in [1.54, 1.807) is 28.5 Å². The minimum Gasteiger partial charge on any atom is -0.419 e. The van der Waals surface area contributed by atoms with Gasteiger partial charge in [0.1, 0.15) is 10.7 Å². The van der Waals surface area contributed by atoms with Crippen LogP contribution in [0.5, 0.6) is 0 Å². The molecule has 31 heavy (non-hydrogen) atoms. The fourth-order valence-electron chi connectivity index (χ4n) is 3.01. The van der Waals surface area contributed by atoms with Gasteiger partial charge in [0.25, 0.3) is 5.91 Å². The van der Waals surface area contributed by atoms with E-state index in [1.807, 2.05) is 37.3 Å². The Kier molecular flexibility index (Phi) is 6.65. The summed E-state index contributed by atoms with van der Waals surface area (Å²) in [6.45, 7) is 2.73. The fraction of sp³-hybridized carbons (Fsp3) is 0.182. The number of hydrogen-bond acceptors (Lipinski definition) is 6. The van der Waals surface area contributed by atoms with Crippen molar-refractivity contribution in [3.63, 3.8) is 0 Å². The van der Waals surface area contributed by atoms with E-state index in [0.29, 0.717) is 39.6 Å². The van der Waals surface area contributed by atoms with Gasteiger partial charge in [-0.15, -0.1) is 21.5 Å². The van der Waals surface area contributed by atoms with E-state index in [1.165, 1.54) is 11.3 Å². The predicted molar refractivity (Wildman–Crippen MR) is 122 cm³/mol. The van der Waals surface area contributed by atoms with Crippen molar-refractivity contribution in [2.24, 2.45) is 0 Å². The summed E-state index contributed by atoms with van der Waals surface area (Å²) >= 11 is 13.6. The van der Waals surface area contributed by atoms with Crippen LogP contribution in [-0.4, -0.2) is 32.5 Å². The van der Waals surface area contributed by atoms with Crippen molar-refractivity contribution in [1.29, 1.82) is 0 Å². The minimum absolute atomic E-state index is 0.184. The minimum atomic E-state index is -0.184. The Morgan fingerprint density at radius 3 is 2.61 bits per heavy atom. The fourth-order valence-corrected chi connectivity index (χ4v) is 4.15. The molecule has 2 aromatic heterocycles. The second-order valence-electron chi connectivity index (χ2n) is 6.75. The predicted octanol–water partition coefficient (Wildman–Crippen LogP) is 6.22. The molecular weight excluding hydrogens is 455 g/mol. The first-order chi connectivity index (χ1) is 15.0. The van der Waals surface area contributed by atoms with Crippen LogP contribution in [0, 0.1) is 0 Å². The van der Waals surface area contributed by atoms with Crippen molar-refractivity contribution in [3.8, 4) is 22.0 Å². The third kappa shape index (κ3) is 4.95. The molecule has 4 aromatic rings. The van der Waals surface area contributed by atoms with Crippen LogP contribution < -0.4 is 0 Å². The highest BCUT2D eigenvalue weighted by Gasteiger charge is 2.22. The molecule has 0 spiro atoms. The van der Waals surface area contributed by atoms with Crippen molar-refractivity contribution >= 4 is 40.4 Å². The van der Waals surface area contributed by atoms with Gasteiger partial charge >= 0.3 is 0 Å². The molecule has 2 heterocycles. The second-order valence-corrected chi connectivity index (χ2v) is 8.45. The van der Waals surface area contributed by atoms with Crippen LogP contribution in [0.3, 0.4) is 0 Å². The molecule has 4 rings (SSSR count). The maximum Gasteiger partial charge on any atom is 0.273 e. The van der Waals surface area contributed by atoms with Crippen LogP contribution in [0.25, 0.3) is 22.0 Å². The molecule has 158 valence electrons. The van der Waals surface area contributed by atoms with E-state index in [9.17, 15) is 4.79 Å².